The van der Waals surface area contributed by atoms with Crippen LogP contribution in [0.2, 0.25) is 0 Å². The predicted octanol–water partition coefficient (Wildman–Crippen LogP) is 0.928. The second-order valence-electron chi connectivity index (χ2n) is 2.27. The van der Waals surface area contributed by atoms with Crippen molar-refractivity contribution < 1.29 is 14.6 Å². The number of ether oxygens (including phenoxy) is 1. The van der Waals surface area contributed by atoms with Crippen LogP contribution in [0.1, 0.15) is 19.8 Å². The van der Waals surface area contributed by atoms with Crippen molar-refractivity contribution in [3.63, 3.8) is 0 Å². The highest BCUT2D eigenvalue weighted by atomic mass is 35.5. The molecule has 0 aliphatic carbocycles. The zero-order valence-electron chi connectivity index (χ0n) is 6.71. The van der Waals surface area contributed by atoms with Crippen molar-refractivity contribution in [3.8, 4) is 0 Å². The molecule has 0 heterocycles. The van der Waals surface area contributed by atoms with Gasteiger partial charge >= 0.3 is 5.97 Å². The van der Waals surface area contributed by atoms with Gasteiger partial charge in [0.25, 0.3) is 0 Å². The first-order chi connectivity index (χ1) is 5.11. The molecule has 0 saturated heterocycles. The summed E-state index contributed by atoms with van der Waals surface area (Å²) in [6, 6.07) is 0. The maximum Gasteiger partial charge on any atom is 0.307 e. The van der Waals surface area contributed by atoms with Crippen LogP contribution in [-0.2, 0) is 9.53 Å². The molecule has 0 spiro atoms. The first kappa shape index (κ1) is 10.7. The van der Waals surface area contributed by atoms with E-state index >= 15 is 0 Å². The number of aliphatic hydroxyl groups is 1. The maximum absolute atomic E-state index is 10.6. The molecule has 1 N–H and O–H groups in total. The molecule has 0 aliphatic heterocycles. The van der Waals surface area contributed by atoms with Gasteiger partial charge in [0.05, 0.1) is 25.0 Å². The molecule has 4 heteroatoms. The molecule has 0 aliphatic rings. The van der Waals surface area contributed by atoms with Crippen LogP contribution < -0.4 is 0 Å². The number of hydrogen-bond donors (Lipinski definition) is 1. The minimum absolute atomic E-state index is 0.0626. The summed E-state index contributed by atoms with van der Waals surface area (Å²) >= 11 is 5.65. The van der Waals surface area contributed by atoms with Gasteiger partial charge in [-0.2, -0.15) is 0 Å². The van der Waals surface area contributed by atoms with Crippen molar-refractivity contribution in [2.24, 2.45) is 0 Å². The molecule has 0 aromatic carbocycles. The quantitative estimate of drug-likeness (QED) is 0.517. The summed E-state index contributed by atoms with van der Waals surface area (Å²) in [6.07, 6.45) is -0.0196. The second kappa shape index (κ2) is 5.38. The zero-order chi connectivity index (χ0) is 8.85. The van der Waals surface area contributed by atoms with E-state index in [4.69, 9.17) is 16.7 Å². The Morgan fingerprint density at radius 3 is 2.64 bits per heavy atom. The third-order valence-corrected chi connectivity index (χ3v) is 1.87. The molecular formula is C7H13ClO3. The fraction of sp³-hybridized carbons (Fsp3) is 0.857. The Morgan fingerprint density at radius 1 is 1.73 bits per heavy atom. The van der Waals surface area contributed by atoms with E-state index in [1.165, 1.54) is 7.11 Å². The van der Waals surface area contributed by atoms with Crippen LogP contribution >= 0.6 is 11.6 Å². The van der Waals surface area contributed by atoms with Crippen molar-refractivity contribution in [2.75, 3.05) is 7.11 Å². The van der Waals surface area contributed by atoms with Crippen molar-refractivity contribution in [1.29, 1.82) is 0 Å². The molecule has 0 aromatic heterocycles. The van der Waals surface area contributed by atoms with E-state index in [0.717, 1.165) is 0 Å². The normalized spacial score (nSPS) is 15.6. The lowest BCUT2D eigenvalue weighted by atomic mass is 10.1. The monoisotopic (exact) mass is 180 g/mol. The Hall–Kier alpha value is -0.280. The van der Waals surface area contributed by atoms with Gasteiger partial charge in [0.1, 0.15) is 0 Å². The van der Waals surface area contributed by atoms with Gasteiger partial charge in [0.15, 0.2) is 0 Å². The number of halogens is 1. The Labute approximate surface area is 71.3 Å². The lowest BCUT2D eigenvalue weighted by Crippen LogP contribution is -2.23. The van der Waals surface area contributed by atoms with E-state index in [2.05, 4.69) is 4.74 Å². The van der Waals surface area contributed by atoms with Crippen molar-refractivity contribution >= 4 is 17.6 Å². The number of hydrogen-bond acceptors (Lipinski definition) is 3. The molecule has 2 atom stereocenters. The van der Waals surface area contributed by atoms with Crippen molar-refractivity contribution in [2.45, 2.75) is 31.2 Å². The van der Waals surface area contributed by atoms with Crippen LogP contribution in [0, 0.1) is 0 Å². The Balaban J connectivity index is 3.67. The summed E-state index contributed by atoms with van der Waals surface area (Å²) in [5.41, 5.74) is 0. The standard InChI is InChI=1S/C7H13ClO3/c1-3-6(9)5(8)4-7(10)11-2/h5-6,9H,3-4H2,1-2H3/t5-,6-/m1/s1. The largest absolute Gasteiger partial charge is 0.469 e. The first-order valence-corrected chi connectivity index (χ1v) is 3.94. The third kappa shape index (κ3) is 4.22. The maximum atomic E-state index is 10.6. The molecule has 0 bridgehead atoms. The van der Waals surface area contributed by atoms with Crippen molar-refractivity contribution in [3.05, 3.63) is 0 Å². The van der Waals surface area contributed by atoms with E-state index in [0.29, 0.717) is 6.42 Å². The molecule has 0 rings (SSSR count). The first-order valence-electron chi connectivity index (χ1n) is 3.50. The number of rotatable bonds is 4. The summed E-state index contributed by atoms with van der Waals surface area (Å²) in [6.45, 7) is 1.80. The van der Waals surface area contributed by atoms with E-state index in [1.807, 2.05) is 0 Å². The summed E-state index contributed by atoms with van der Waals surface area (Å²) in [4.78, 5) is 10.6. The van der Waals surface area contributed by atoms with Gasteiger partial charge in [0.2, 0.25) is 0 Å². The zero-order valence-corrected chi connectivity index (χ0v) is 7.47. The van der Waals surface area contributed by atoms with Crippen LogP contribution in [-0.4, -0.2) is 29.7 Å². The van der Waals surface area contributed by atoms with Crippen LogP contribution in [0.25, 0.3) is 0 Å². The molecule has 0 radical (unpaired) electrons. The lowest BCUT2D eigenvalue weighted by Gasteiger charge is -2.12. The van der Waals surface area contributed by atoms with Gasteiger partial charge in [0, 0.05) is 0 Å². The Kier molecular flexibility index (Phi) is 5.24. The minimum atomic E-state index is -0.629. The fourth-order valence-corrected chi connectivity index (χ4v) is 0.939. The molecule has 66 valence electrons. The van der Waals surface area contributed by atoms with Crippen molar-refractivity contribution in [1.82, 2.24) is 0 Å². The van der Waals surface area contributed by atoms with Crippen LogP contribution in [0.5, 0.6) is 0 Å². The second-order valence-corrected chi connectivity index (χ2v) is 2.83. The number of carbonyl (C=O) groups excluding carboxylic acids is 1. The van der Waals surface area contributed by atoms with Crippen LogP contribution in [0.4, 0.5) is 0 Å². The van der Waals surface area contributed by atoms with Gasteiger partial charge in [-0.25, -0.2) is 0 Å². The van der Waals surface area contributed by atoms with Gasteiger partial charge in [-0.05, 0) is 6.42 Å². The predicted molar refractivity (Wildman–Crippen MR) is 42.6 cm³/mol. The molecule has 0 fully saturated rings. The summed E-state index contributed by atoms with van der Waals surface area (Å²) in [5, 5.41) is 8.60. The minimum Gasteiger partial charge on any atom is -0.469 e. The molecule has 0 aromatic rings. The summed E-state index contributed by atoms with van der Waals surface area (Å²) in [7, 11) is 1.30. The molecule has 3 nitrogen and oxygen atoms in total. The van der Waals surface area contributed by atoms with E-state index in [-0.39, 0.29) is 6.42 Å². The molecule has 0 unspecified atom stereocenters. The number of esters is 1. The number of aliphatic hydroxyl groups excluding tert-OH is 1. The molecule has 0 amide bonds. The molecule has 11 heavy (non-hydrogen) atoms. The summed E-state index contributed by atoms with van der Waals surface area (Å²) < 4.78 is 4.38. The average molecular weight is 181 g/mol. The number of alkyl halides is 1. The van der Waals surface area contributed by atoms with E-state index in [9.17, 15) is 4.79 Å². The average Bonchev–Trinajstić information content (AvgIpc) is 2.02. The van der Waals surface area contributed by atoms with Gasteiger partial charge < -0.3 is 9.84 Å². The smallest absolute Gasteiger partial charge is 0.307 e. The number of carbonyl (C=O) groups is 1. The Morgan fingerprint density at radius 2 is 2.27 bits per heavy atom. The fourth-order valence-electron chi connectivity index (χ4n) is 0.634. The Bertz CT molecular complexity index is 127. The number of methoxy groups -OCH3 is 1. The van der Waals surface area contributed by atoms with Gasteiger partial charge in [-0.3, -0.25) is 4.79 Å². The lowest BCUT2D eigenvalue weighted by molar-refractivity contribution is -0.141. The van der Waals surface area contributed by atoms with Gasteiger partial charge in [-0.15, -0.1) is 11.6 Å². The van der Waals surface area contributed by atoms with Crippen LogP contribution in [0.15, 0.2) is 0 Å². The van der Waals surface area contributed by atoms with E-state index in [1.54, 1.807) is 6.92 Å². The molecule has 0 saturated carbocycles. The highest BCUT2D eigenvalue weighted by molar-refractivity contribution is 6.22. The third-order valence-electron chi connectivity index (χ3n) is 1.43. The SMILES string of the molecule is CC[C@@H](O)[C@H](Cl)CC(=O)OC. The topological polar surface area (TPSA) is 46.5 Å². The summed E-state index contributed by atoms with van der Waals surface area (Å²) in [5.74, 6) is -0.391. The van der Waals surface area contributed by atoms with E-state index < -0.39 is 17.5 Å². The highest BCUT2D eigenvalue weighted by Gasteiger charge is 2.18. The molecular weight excluding hydrogens is 168 g/mol. The van der Waals surface area contributed by atoms with Crippen LogP contribution in [0.3, 0.4) is 0 Å². The highest BCUT2D eigenvalue weighted by Crippen LogP contribution is 2.10. The van der Waals surface area contributed by atoms with Gasteiger partial charge in [-0.1, -0.05) is 6.92 Å².